The maximum Gasteiger partial charge on any atom is 0.252 e. The number of carbonyl (C=O) groups is 1. The summed E-state index contributed by atoms with van der Waals surface area (Å²) in [5.41, 5.74) is 9.53. The van der Waals surface area contributed by atoms with E-state index in [9.17, 15) is 4.79 Å². The number of nitrogens with zero attached hydrogens (tertiary/aromatic N) is 1. The van der Waals surface area contributed by atoms with Gasteiger partial charge in [0.25, 0.3) is 5.91 Å². The summed E-state index contributed by atoms with van der Waals surface area (Å²) in [6.45, 7) is 9.35. The number of hydrogen-bond acceptors (Lipinski definition) is 3. The Bertz CT molecular complexity index is 1020. The summed E-state index contributed by atoms with van der Waals surface area (Å²) < 4.78 is 0. The van der Waals surface area contributed by atoms with Crippen LogP contribution in [0.1, 0.15) is 74.0 Å². The fourth-order valence-corrected chi connectivity index (χ4v) is 4.20. The molecule has 0 spiro atoms. The molecule has 0 unspecified atom stereocenters. The topological polar surface area (TPSA) is 58.4 Å². The van der Waals surface area contributed by atoms with Crippen LogP contribution in [-0.2, 0) is 6.54 Å². The molecule has 0 aromatic heterocycles. The van der Waals surface area contributed by atoms with E-state index >= 15 is 0 Å². The molecule has 170 valence electrons. The second kappa shape index (κ2) is 11.7. The highest BCUT2D eigenvalue weighted by molar-refractivity contribution is 5.97. The molecule has 3 rings (SSSR count). The van der Waals surface area contributed by atoms with Crippen LogP contribution in [0.4, 0.5) is 5.69 Å². The van der Waals surface area contributed by atoms with E-state index in [1.165, 1.54) is 36.5 Å². The minimum absolute atomic E-state index is 0.0707. The number of carbonyl (C=O) groups excluding carboxylic acids is 1. The van der Waals surface area contributed by atoms with Crippen LogP contribution in [0.2, 0.25) is 0 Å². The van der Waals surface area contributed by atoms with Gasteiger partial charge in [0.05, 0.1) is 6.04 Å². The molecule has 0 radical (unpaired) electrons. The molecular weight excluding hydrogens is 394 g/mol. The van der Waals surface area contributed by atoms with Crippen LogP contribution < -0.4 is 11.1 Å². The summed E-state index contributed by atoms with van der Waals surface area (Å²) in [6.07, 6.45) is 4.66. The normalized spacial score (nSPS) is 12.2. The van der Waals surface area contributed by atoms with Gasteiger partial charge in [-0.15, -0.1) is 0 Å². The van der Waals surface area contributed by atoms with Crippen LogP contribution in [-0.4, -0.2) is 23.9 Å². The van der Waals surface area contributed by atoms with Crippen molar-refractivity contribution in [3.63, 3.8) is 0 Å². The Morgan fingerprint density at radius 1 is 0.969 bits per heavy atom. The van der Waals surface area contributed by atoms with Gasteiger partial charge in [0.2, 0.25) is 0 Å². The fourth-order valence-electron chi connectivity index (χ4n) is 4.20. The molecule has 3 aromatic rings. The summed E-state index contributed by atoms with van der Waals surface area (Å²) in [5.74, 6) is -0.0707. The van der Waals surface area contributed by atoms with E-state index in [0.717, 1.165) is 30.8 Å². The van der Waals surface area contributed by atoms with E-state index in [1.807, 2.05) is 43.3 Å². The van der Waals surface area contributed by atoms with E-state index in [1.54, 1.807) is 0 Å². The standard InChI is InChI=1S/C28H37N3O/c1-4-6-17-31(18-7-5-2)20-23-15-16-24(29)19-27(23)28(32)30-21(3)25-14-10-12-22-11-8-9-13-26(22)25/h8-16,19,21H,4-7,17-18,20,29H2,1-3H3,(H,30,32)/t21-/m1/s1. The second-order valence-electron chi connectivity index (χ2n) is 8.66. The summed E-state index contributed by atoms with van der Waals surface area (Å²) in [4.78, 5) is 15.8. The molecule has 0 aliphatic carbocycles. The van der Waals surface area contributed by atoms with Gasteiger partial charge in [-0.3, -0.25) is 9.69 Å². The molecule has 0 aliphatic rings. The monoisotopic (exact) mass is 431 g/mol. The zero-order valence-corrected chi connectivity index (χ0v) is 19.7. The van der Waals surface area contributed by atoms with Gasteiger partial charge in [0, 0.05) is 17.8 Å². The lowest BCUT2D eigenvalue weighted by Gasteiger charge is -2.24. The Labute approximate surface area is 192 Å². The first kappa shape index (κ1) is 23.8. The number of amides is 1. The molecule has 0 fully saturated rings. The average Bonchev–Trinajstić information content (AvgIpc) is 2.81. The summed E-state index contributed by atoms with van der Waals surface area (Å²) in [5, 5.41) is 5.57. The Kier molecular flexibility index (Phi) is 8.69. The largest absolute Gasteiger partial charge is 0.399 e. The maximum absolute atomic E-state index is 13.4. The molecule has 0 bridgehead atoms. The number of anilines is 1. The number of rotatable bonds is 11. The van der Waals surface area contributed by atoms with Gasteiger partial charge in [-0.25, -0.2) is 0 Å². The van der Waals surface area contributed by atoms with E-state index in [0.29, 0.717) is 11.3 Å². The van der Waals surface area contributed by atoms with E-state index < -0.39 is 0 Å². The third-order valence-electron chi connectivity index (χ3n) is 6.07. The van der Waals surface area contributed by atoms with Gasteiger partial charge in [-0.1, -0.05) is 75.2 Å². The van der Waals surface area contributed by atoms with E-state index in [2.05, 4.69) is 48.3 Å². The number of unbranched alkanes of at least 4 members (excludes halogenated alkanes) is 2. The van der Waals surface area contributed by atoms with Crippen LogP contribution in [0.3, 0.4) is 0 Å². The summed E-state index contributed by atoms with van der Waals surface area (Å²) >= 11 is 0. The molecule has 1 atom stereocenters. The van der Waals surface area contributed by atoms with Crippen molar-refractivity contribution in [3.8, 4) is 0 Å². The van der Waals surface area contributed by atoms with Gasteiger partial charge in [0.15, 0.2) is 0 Å². The number of fused-ring (bicyclic) bond motifs is 1. The minimum atomic E-state index is -0.112. The first-order valence-electron chi connectivity index (χ1n) is 11.9. The van der Waals surface area contributed by atoms with E-state index in [-0.39, 0.29) is 11.9 Å². The van der Waals surface area contributed by atoms with Gasteiger partial charge in [-0.05, 0) is 66.9 Å². The molecule has 4 nitrogen and oxygen atoms in total. The van der Waals surface area contributed by atoms with Crippen molar-refractivity contribution < 1.29 is 4.79 Å². The Balaban J connectivity index is 1.81. The summed E-state index contributed by atoms with van der Waals surface area (Å²) in [7, 11) is 0. The van der Waals surface area contributed by atoms with E-state index in [4.69, 9.17) is 5.73 Å². The second-order valence-corrected chi connectivity index (χ2v) is 8.66. The van der Waals surface area contributed by atoms with Gasteiger partial charge >= 0.3 is 0 Å². The third-order valence-corrected chi connectivity index (χ3v) is 6.07. The molecule has 1 amide bonds. The molecule has 4 heteroatoms. The predicted molar refractivity (Wildman–Crippen MR) is 136 cm³/mol. The first-order valence-corrected chi connectivity index (χ1v) is 11.9. The SMILES string of the molecule is CCCCN(CCCC)Cc1ccc(N)cc1C(=O)N[C@H](C)c1cccc2ccccc12. The number of benzene rings is 3. The molecule has 3 N–H and O–H groups in total. The molecule has 0 saturated heterocycles. The van der Waals surface area contributed by atoms with Crippen LogP contribution in [0.15, 0.2) is 60.7 Å². The zero-order valence-electron chi connectivity index (χ0n) is 19.7. The van der Waals surface area contributed by atoms with Crippen molar-refractivity contribution >= 4 is 22.4 Å². The molecule has 0 aliphatic heterocycles. The Morgan fingerprint density at radius 3 is 2.38 bits per heavy atom. The maximum atomic E-state index is 13.4. The van der Waals surface area contributed by atoms with Crippen molar-refractivity contribution in [1.29, 1.82) is 0 Å². The molecule has 0 heterocycles. The lowest BCUT2D eigenvalue weighted by Crippen LogP contribution is -2.30. The minimum Gasteiger partial charge on any atom is -0.399 e. The average molecular weight is 432 g/mol. The van der Waals surface area contributed by atoms with Crippen LogP contribution >= 0.6 is 0 Å². The lowest BCUT2D eigenvalue weighted by atomic mass is 9.99. The van der Waals surface area contributed by atoms with Crippen LogP contribution in [0.25, 0.3) is 10.8 Å². The third kappa shape index (κ3) is 6.10. The van der Waals surface area contributed by atoms with Crippen molar-refractivity contribution in [2.24, 2.45) is 0 Å². The van der Waals surface area contributed by atoms with Gasteiger partial charge in [0.1, 0.15) is 0 Å². The highest BCUT2D eigenvalue weighted by atomic mass is 16.1. The molecular formula is C28H37N3O. The van der Waals surface area contributed by atoms with Gasteiger partial charge in [-0.2, -0.15) is 0 Å². The molecule has 0 saturated carbocycles. The fraction of sp³-hybridized carbons (Fsp3) is 0.393. The number of nitrogens with one attached hydrogen (secondary N) is 1. The van der Waals surface area contributed by atoms with Crippen molar-refractivity contribution in [2.75, 3.05) is 18.8 Å². The highest BCUT2D eigenvalue weighted by Gasteiger charge is 2.18. The van der Waals surface area contributed by atoms with Crippen LogP contribution in [0, 0.1) is 0 Å². The number of nitrogens with two attached hydrogens (primary N) is 1. The van der Waals surface area contributed by atoms with Crippen LogP contribution in [0.5, 0.6) is 0 Å². The van der Waals surface area contributed by atoms with Gasteiger partial charge < -0.3 is 11.1 Å². The highest BCUT2D eigenvalue weighted by Crippen LogP contribution is 2.25. The number of nitrogen functional groups attached to an aromatic ring is 1. The zero-order chi connectivity index (χ0) is 22.9. The summed E-state index contributed by atoms with van der Waals surface area (Å²) in [6, 6.07) is 20.1. The van der Waals surface area contributed by atoms with Crippen molar-refractivity contribution in [3.05, 3.63) is 77.4 Å². The molecule has 3 aromatic carbocycles. The predicted octanol–water partition coefficient (Wildman–Crippen LogP) is 6.32. The Morgan fingerprint density at radius 2 is 1.66 bits per heavy atom. The first-order chi connectivity index (χ1) is 15.5. The van der Waals surface area contributed by atoms with Crippen molar-refractivity contribution in [1.82, 2.24) is 10.2 Å². The lowest BCUT2D eigenvalue weighted by molar-refractivity contribution is 0.0938. The quantitative estimate of drug-likeness (QED) is 0.350. The smallest absolute Gasteiger partial charge is 0.252 e. The molecule has 32 heavy (non-hydrogen) atoms. The Hall–Kier alpha value is -2.85. The number of hydrogen-bond donors (Lipinski definition) is 2. The van der Waals surface area contributed by atoms with Crippen molar-refractivity contribution in [2.45, 2.75) is 59.0 Å².